The third-order valence-electron chi connectivity index (χ3n) is 4.35. The number of carbonyl (C=O) groups is 2. The zero-order valence-electron chi connectivity index (χ0n) is 15.7. The molecule has 0 saturated carbocycles. The van der Waals surface area contributed by atoms with Crippen LogP contribution in [-0.2, 0) is 0 Å². The van der Waals surface area contributed by atoms with E-state index in [0.29, 0.717) is 33.2 Å². The average Bonchev–Trinajstić information content (AvgIpc) is 2.65. The van der Waals surface area contributed by atoms with Gasteiger partial charge < -0.3 is 10.4 Å². The van der Waals surface area contributed by atoms with Crippen LogP contribution in [0.4, 0.5) is 21.9 Å². The molecule has 3 aromatic rings. The molecule has 0 aromatic heterocycles. The van der Waals surface area contributed by atoms with Gasteiger partial charge in [0.25, 0.3) is 0 Å². The van der Waals surface area contributed by atoms with Crippen LogP contribution in [0.3, 0.4) is 0 Å². The van der Waals surface area contributed by atoms with E-state index in [9.17, 15) is 9.59 Å². The number of aryl methyl sites for hydroxylation is 2. The standard InChI is InChI=1S/C22H18BrClN2O3/c1-12-3-4-13(2)17(9-12)21(27)16-7-6-15(11-18(16)24)25-19-8-5-14(23)10-20(19)26-22(28)29/h3-11,25-26H,1-2H3,(H,28,29). The van der Waals surface area contributed by atoms with Crippen molar-refractivity contribution in [3.8, 4) is 0 Å². The lowest BCUT2D eigenvalue weighted by Crippen LogP contribution is -2.09. The highest BCUT2D eigenvalue weighted by atomic mass is 79.9. The van der Waals surface area contributed by atoms with Gasteiger partial charge in [-0.1, -0.05) is 45.2 Å². The molecule has 148 valence electrons. The molecule has 0 aliphatic carbocycles. The highest BCUT2D eigenvalue weighted by Gasteiger charge is 2.16. The van der Waals surface area contributed by atoms with Crippen molar-refractivity contribution in [1.29, 1.82) is 0 Å². The van der Waals surface area contributed by atoms with Crippen molar-refractivity contribution in [3.05, 3.63) is 86.3 Å². The number of carboxylic acid groups (broad SMARTS) is 1. The predicted molar refractivity (Wildman–Crippen MR) is 120 cm³/mol. The third-order valence-corrected chi connectivity index (χ3v) is 5.16. The summed E-state index contributed by atoms with van der Waals surface area (Å²) in [6.07, 6.45) is -1.17. The van der Waals surface area contributed by atoms with E-state index in [1.54, 1.807) is 36.4 Å². The minimum Gasteiger partial charge on any atom is -0.465 e. The normalized spacial score (nSPS) is 10.5. The van der Waals surface area contributed by atoms with Gasteiger partial charge in [0.2, 0.25) is 0 Å². The van der Waals surface area contributed by atoms with Crippen molar-refractivity contribution >= 4 is 56.5 Å². The van der Waals surface area contributed by atoms with E-state index in [1.165, 1.54) is 0 Å². The Hall–Kier alpha value is -2.83. The Kier molecular flexibility index (Phi) is 6.25. The van der Waals surface area contributed by atoms with Crippen LogP contribution in [0.25, 0.3) is 0 Å². The maximum atomic E-state index is 12.9. The van der Waals surface area contributed by atoms with Gasteiger partial charge in [-0.05, 0) is 61.9 Å². The van der Waals surface area contributed by atoms with Gasteiger partial charge in [0, 0.05) is 21.3 Å². The Bertz CT molecular complexity index is 1120. The molecule has 7 heteroatoms. The first kappa shape index (κ1) is 20.9. The van der Waals surface area contributed by atoms with Gasteiger partial charge in [-0.15, -0.1) is 0 Å². The van der Waals surface area contributed by atoms with Gasteiger partial charge in [0.05, 0.1) is 16.4 Å². The molecule has 3 N–H and O–H groups in total. The number of carbonyl (C=O) groups excluding carboxylic acids is 1. The first-order chi connectivity index (χ1) is 13.7. The molecule has 0 unspecified atom stereocenters. The highest BCUT2D eigenvalue weighted by Crippen LogP contribution is 2.31. The van der Waals surface area contributed by atoms with E-state index in [2.05, 4.69) is 26.6 Å². The van der Waals surface area contributed by atoms with E-state index in [1.807, 2.05) is 32.0 Å². The Morgan fingerprint density at radius 2 is 1.69 bits per heavy atom. The van der Waals surface area contributed by atoms with Crippen LogP contribution < -0.4 is 10.6 Å². The Labute approximate surface area is 181 Å². The van der Waals surface area contributed by atoms with E-state index < -0.39 is 6.09 Å². The number of ketones is 1. The summed E-state index contributed by atoms with van der Waals surface area (Å²) in [6.45, 7) is 3.83. The van der Waals surface area contributed by atoms with E-state index in [0.717, 1.165) is 15.6 Å². The number of halogens is 2. The lowest BCUT2D eigenvalue weighted by atomic mass is 9.97. The first-order valence-electron chi connectivity index (χ1n) is 8.72. The molecule has 0 saturated heterocycles. The van der Waals surface area contributed by atoms with Crippen molar-refractivity contribution in [2.75, 3.05) is 10.6 Å². The number of hydrogen-bond donors (Lipinski definition) is 3. The smallest absolute Gasteiger partial charge is 0.409 e. The largest absolute Gasteiger partial charge is 0.465 e. The van der Waals surface area contributed by atoms with Crippen molar-refractivity contribution in [3.63, 3.8) is 0 Å². The van der Waals surface area contributed by atoms with Crippen LogP contribution >= 0.6 is 27.5 Å². The number of nitrogens with one attached hydrogen (secondary N) is 2. The van der Waals surface area contributed by atoms with Crippen molar-refractivity contribution in [2.45, 2.75) is 13.8 Å². The van der Waals surface area contributed by atoms with Gasteiger partial charge in [-0.2, -0.15) is 0 Å². The quantitative estimate of drug-likeness (QED) is 0.357. The van der Waals surface area contributed by atoms with E-state index >= 15 is 0 Å². The molecule has 3 aromatic carbocycles. The summed E-state index contributed by atoms with van der Waals surface area (Å²) < 4.78 is 0.735. The summed E-state index contributed by atoms with van der Waals surface area (Å²) in [5.74, 6) is -0.139. The molecule has 0 aliphatic rings. The number of rotatable bonds is 5. The molecule has 0 aliphatic heterocycles. The molecule has 0 fully saturated rings. The summed E-state index contributed by atoms with van der Waals surface area (Å²) in [7, 11) is 0. The molecule has 3 rings (SSSR count). The Morgan fingerprint density at radius 3 is 2.38 bits per heavy atom. The second-order valence-corrected chi connectivity index (χ2v) is 7.91. The Morgan fingerprint density at radius 1 is 0.931 bits per heavy atom. The minimum absolute atomic E-state index is 0.139. The molecule has 1 amide bonds. The summed E-state index contributed by atoms with van der Waals surface area (Å²) in [6, 6.07) is 15.9. The first-order valence-corrected chi connectivity index (χ1v) is 9.89. The van der Waals surface area contributed by atoms with Crippen LogP contribution in [-0.4, -0.2) is 17.0 Å². The number of benzene rings is 3. The second kappa shape index (κ2) is 8.68. The number of hydrogen-bond acceptors (Lipinski definition) is 3. The maximum absolute atomic E-state index is 12.9. The molecule has 29 heavy (non-hydrogen) atoms. The van der Waals surface area contributed by atoms with Gasteiger partial charge >= 0.3 is 6.09 Å². The summed E-state index contributed by atoms with van der Waals surface area (Å²) in [4.78, 5) is 24.0. The molecular weight excluding hydrogens is 456 g/mol. The number of anilines is 3. The lowest BCUT2D eigenvalue weighted by Gasteiger charge is -2.14. The van der Waals surface area contributed by atoms with Crippen molar-refractivity contribution < 1.29 is 14.7 Å². The van der Waals surface area contributed by atoms with Crippen LogP contribution in [0, 0.1) is 13.8 Å². The highest BCUT2D eigenvalue weighted by molar-refractivity contribution is 9.10. The molecule has 0 atom stereocenters. The zero-order valence-corrected chi connectivity index (χ0v) is 18.1. The fraction of sp³-hybridized carbons (Fsp3) is 0.0909. The van der Waals surface area contributed by atoms with Crippen molar-refractivity contribution in [2.24, 2.45) is 0 Å². The number of amides is 1. The summed E-state index contributed by atoms with van der Waals surface area (Å²) in [5.41, 5.74) is 4.49. The van der Waals surface area contributed by atoms with Gasteiger partial charge in [-0.3, -0.25) is 10.1 Å². The van der Waals surface area contributed by atoms with E-state index in [4.69, 9.17) is 16.7 Å². The fourth-order valence-electron chi connectivity index (χ4n) is 2.90. The van der Waals surface area contributed by atoms with Crippen LogP contribution in [0.5, 0.6) is 0 Å². The minimum atomic E-state index is -1.17. The lowest BCUT2D eigenvalue weighted by molar-refractivity contribution is 0.103. The average molecular weight is 474 g/mol. The maximum Gasteiger partial charge on any atom is 0.409 e. The summed E-state index contributed by atoms with van der Waals surface area (Å²) in [5, 5.41) is 14.8. The van der Waals surface area contributed by atoms with Crippen LogP contribution in [0.15, 0.2) is 59.1 Å². The zero-order chi connectivity index (χ0) is 21.1. The fourth-order valence-corrected chi connectivity index (χ4v) is 3.53. The molecule has 0 heterocycles. The SMILES string of the molecule is Cc1ccc(C)c(C(=O)c2ccc(Nc3ccc(Br)cc3NC(=O)O)cc2Cl)c1. The monoisotopic (exact) mass is 472 g/mol. The third kappa shape index (κ3) is 4.96. The molecule has 5 nitrogen and oxygen atoms in total. The Balaban J connectivity index is 1.90. The van der Waals surface area contributed by atoms with Crippen LogP contribution in [0.1, 0.15) is 27.0 Å². The van der Waals surface area contributed by atoms with Crippen molar-refractivity contribution in [1.82, 2.24) is 0 Å². The molecule has 0 spiro atoms. The molecule has 0 bridgehead atoms. The summed E-state index contributed by atoms with van der Waals surface area (Å²) >= 11 is 9.73. The van der Waals surface area contributed by atoms with Gasteiger partial charge in [0.1, 0.15) is 0 Å². The predicted octanol–water partition coefficient (Wildman–Crippen LogP) is 6.78. The topological polar surface area (TPSA) is 78.4 Å². The van der Waals surface area contributed by atoms with Crippen LogP contribution in [0.2, 0.25) is 5.02 Å². The molecular formula is C22H18BrClN2O3. The van der Waals surface area contributed by atoms with Gasteiger partial charge in [-0.25, -0.2) is 4.79 Å². The van der Waals surface area contributed by atoms with Gasteiger partial charge in [0.15, 0.2) is 5.78 Å². The molecule has 0 radical (unpaired) electrons. The van der Waals surface area contributed by atoms with E-state index in [-0.39, 0.29) is 5.78 Å². The second-order valence-electron chi connectivity index (χ2n) is 6.59.